The van der Waals surface area contributed by atoms with Gasteiger partial charge in [0.25, 0.3) is 0 Å². The second-order valence-corrected chi connectivity index (χ2v) is 3.91. The van der Waals surface area contributed by atoms with Crippen LogP contribution < -0.4 is 0 Å². The molecule has 15 heavy (non-hydrogen) atoms. The smallest absolute Gasteiger partial charge is 0.151 e. The summed E-state index contributed by atoms with van der Waals surface area (Å²) < 4.78 is 6.89. The summed E-state index contributed by atoms with van der Waals surface area (Å²) in [5, 5.41) is 13.9. The zero-order chi connectivity index (χ0) is 10.7. The van der Waals surface area contributed by atoms with Crippen molar-refractivity contribution in [3.63, 3.8) is 0 Å². The number of aryl methyl sites for hydroxylation is 2. The first kappa shape index (κ1) is 10.6. The number of aliphatic hydroxyl groups excluding tert-OH is 1. The first-order chi connectivity index (χ1) is 7.29. The molecule has 0 aliphatic carbocycles. The molecule has 5 heteroatoms. The van der Waals surface area contributed by atoms with E-state index in [0.717, 1.165) is 44.1 Å². The summed E-state index contributed by atoms with van der Waals surface area (Å²) in [5.41, 5.74) is 0. The zero-order valence-electron chi connectivity index (χ0n) is 9.02. The van der Waals surface area contributed by atoms with Crippen molar-refractivity contribution in [3.8, 4) is 0 Å². The lowest BCUT2D eigenvalue weighted by Crippen LogP contribution is -2.23. The minimum absolute atomic E-state index is 0.242. The van der Waals surface area contributed by atoms with Gasteiger partial charge in [-0.25, -0.2) is 9.67 Å². The van der Waals surface area contributed by atoms with E-state index < -0.39 is 0 Å². The van der Waals surface area contributed by atoms with Gasteiger partial charge in [-0.15, -0.1) is 0 Å². The molecule has 2 heterocycles. The van der Waals surface area contributed by atoms with Crippen LogP contribution in [0.4, 0.5) is 0 Å². The van der Waals surface area contributed by atoms with Gasteiger partial charge in [0.15, 0.2) is 5.82 Å². The van der Waals surface area contributed by atoms with Crippen molar-refractivity contribution in [1.82, 2.24) is 14.8 Å². The predicted molar refractivity (Wildman–Crippen MR) is 54.5 cm³/mol. The molecule has 1 aromatic heterocycles. The summed E-state index contributed by atoms with van der Waals surface area (Å²) in [7, 11) is 1.70. The molecule has 0 fully saturated rings. The standard InChI is InChI=1S/C10H17N3O2/c1-15-6-2-3-9-11-10-7-8(14)4-5-13(10)12-9/h8,14H,2-7H2,1H3. The molecule has 0 spiro atoms. The number of aliphatic hydroxyl groups is 1. The fourth-order valence-corrected chi connectivity index (χ4v) is 1.82. The van der Waals surface area contributed by atoms with Crippen LogP contribution in [0.25, 0.3) is 0 Å². The minimum atomic E-state index is -0.242. The summed E-state index contributed by atoms with van der Waals surface area (Å²) in [6.07, 6.45) is 2.98. The van der Waals surface area contributed by atoms with Crippen LogP contribution in [-0.2, 0) is 24.1 Å². The zero-order valence-corrected chi connectivity index (χ0v) is 9.02. The van der Waals surface area contributed by atoms with Gasteiger partial charge in [0.2, 0.25) is 0 Å². The summed E-state index contributed by atoms with van der Waals surface area (Å²) >= 11 is 0. The van der Waals surface area contributed by atoms with E-state index in [1.54, 1.807) is 7.11 Å². The molecule has 5 nitrogen and oxygen atoms in total. The Bertz CT molecular complexity index is 324. The number of hydrogen-bond acceptors (Lipinski definition) is 4. The first-order valence-corrected chi connectivity index (χ1v) is 5.39. The molecule has 1 N–H and O–H groups in total. The van der Waals surface area contributed by atoms with Crippen molar-refractivity contribution in [3.05, 3.63) is 11.6 Å². The van der Waals surface area contributed by atoms with Gasteiger partial charge in [-0.2, -0.15) is 5.10 Å². The van der Waals surface area contributed by atoms with Crippen LogP contribution in [0.1, 0.15) is 24.5 Å². The van der Waals surface area contributed by atoms with Crippen molar-refractivity contribution in [1.29, 1.82) is 0 Å². The fourth-order valence-electron chi connectivity index (χ4n) is 1.82. The van der Waals surface area contributed by atoms with E-state index in [9.17, 15) is 5.11 Å². The van der Waals surface area contributed by atoms with Crippen LogP contribution in [0.5, 0.6) is 0 Å². The highest BCUT2D eigenvalue weighted by atomic mass is 16.5. The third-order valence-corrected chi connectivity index (χ3v) is 2.63. The molecule has 1 aromatic rings. The van der Waals surface area contributed by atoms with Gasteiger partial charge in [0.1, 0.15) is 5.82 Å². The van der Waals surface area contributed by atoms with Gasteiger partial charge in [0, 0.05) is 33.1 Å². The lowest BCUT2D eigenvalue weighted by Gasteiger charge is -2.16. The highest BCUT2D eigenvalue weighted by molar-refractivity contribution is 4.97. The molecule has 0 saturated carbocycles. The van der Waals surface area contributed by atoms with Gasteiger partial charge in [-0.05, 0) is 12.8 Å². The molecular weight excluding hydrogens is 194 g/mol. The highest BCUT2D eigenvalue weighted by Gasteiger charge is 2.19. The molecular formula is C10H17N3O2. The summed E-state index contributed by atoms with van der Waals surface area (Å²) in [4.78, 5) is 4.41. The SMILES string of the molecule is COCCCc1nc2n(n1)CCC(O)C2. The Labute approximate surface area is 89.1 Å². The molecule has 0 saturated heterocycles. The molecule has 0 aromatic carbocycles. The maximum absolute atomic E-state index is 9.48. The van der Waals surface area contributed by atoms with E-state index in [1.807, 2.05) is 4.68 Å². The second kappa shape index (κ2) is 4.72. The lowest BCUT2D eigenvalue weighted by atomic mass is 10.1. The van der Waals surface area contributed by atoms with E-state index in [2.05, 4.69) is 10.1 Å². The first-order valence-electron chi connectivity index (χ1n) is 5.39. The maximum atomic E-state index is 9.48. The van der Waals surface area contributed by atoms with Gasteiger partial charge >= 0.3 is 0 Å². The molecule has 1 unspecified atom stereocenters. The van der Waals surface area contributed by atoms with Crippen LogP contribution in [0.2, 0.25) is 0 Å². The molecule has 0 amide bonds. The van der Waals surface area contributed by atoms with Crippen molar-refractivity contribution in [2.75, 3.05) is 13.7 Å². The number of methoxy groups -OCH3 is 1. The molecule has 1 aliphatic rings. The van der Waals surface area contributed by atoms with Gasteiger partial charge < -0.3 is 9.84 Å². The van der Waals surface area contributed by atoms with Crippen LogP contribution in [0.15, 0.2) is 0 Å². The molecule has 0 radical (unpaired) electrons. The third kappa shape index (κ3) is 2.54. The number of nitrogens with zero attached hydrogens (tertiary/aromatic N) is 3. The number of ether oxygens (including phenoxy) is 1. The van der Waals surface area contributed by atoms with Crippen molar-refractivity contribution >= 4 is 0 Å². The van der Waals surface area contributed by atoms with E-state index >= 15 is 0 Å². The summed E-state index contributed by atoms with van der Waals surface area (Å²) in [5.74, 6) is 1.79. The lowest BCUT2D eigenvalue weighted by molar-refractivity contribution is 0.138. The molecule has 0 bridgehead atoms. The van der Waals surface area contributed by atoms with E-state index in [1.165, 1.54) is 0 Å². The number of hydrogen-bond donors (Lipinski definition) is 1. The Hall–Kier alpha value is -0.940. The Morgan fingerprint density at radius 2 is 2.47 bits per heavy atom. The number of rotatable bonds is 4. The number of aromatic nitrogens is 3. The Balaban J connectivity index is 1.96. The Morgan fingerprint density at radius 1 is 1.60 bits per heavy atom. The summed E-state index contributed by atoms with van der Waals surface area (Å²) in [6.45, 7) is 1.53. The highest BCUT2D eigenvalue weighted by Crippen LogP contribution is 2.13. The molecule has 1 atom stereocenters. The average molecular weight is 211 g/mol. The van der Waals surface area contributed by atoms with Crippen molar-refractivity contribution < 1.29 is 9.84 Å². The number of fused-ring (bicyclic) bond motifs is 1. The monoisotopic (exact) mass is 211 g/mol. The Kier molecular flexibility index (Phi) is 3.33. The van der Waals surface area contributed by atoms with Gasteiger partial charge in [-0.1, -0.05) is 0 Å². The van der Waals surface area contributed by atoms with Gasteiger partial charge in [-0.3, -0.25) is 0 Å². The normalized spacial score (nSPS) is 20.3. The quantitative estimate of drug-likeness (QED) is 0.721. The van der Waals surface area contributed by atoms with E-state index in [-0.39, 0.29) is 6.10 Å². The van der Waals surface area contributed by atoms with Crippen LogP contribution in [0, 0.1) is 0 Å². The molecule has 2 rings (SSSR count). The largest absolute Gasteiger partial charge is 0.393 e. The van der Waals surface area contributed by atoms with Crippen LogP contribution in [-0.4, -0.2) is 39.7 Å². The molecule has 1 aliphatic heterocycles. The Morgan fingerprint density at radius 3 is 3.27 bits per heavy atom. The van der Waals surface area contributed by atoms with Crippen molar-refractivity contribution in [2.24, 2.45) is 0 Å². The van der Waals surface area contributed by atoms with Crippen molar-refractivity contribution in [2.45, 2.75) is 38.3 Å². The second-order valence-electron chi connectivity index (χ2n) is 3.91. The third-order valence-electron chi connectivity index (χ3n) is 2.63. The van der Waals surface area contributed by atoms with E-state index in [0.29, 0.717) is 6.42 Å². The minimum Gasteiger partial charge on any atom is -0.393 e. The summed E-state index contributed by atoms with van der Waals surface area (Å²) in [6, 6.07) is 0. The van der Waals surface area contributed by atoms with E-state index in [4.69, 9.17) is 4.74 Å². The molecule has 84 valence electrons. The maximum Gasteiger partial charge on any atom is 0.151 e. The average Bonchev–Trinajstić information content (AvgIpc) is 2.60. The van der Waals surface area contributed by atoms with Crippen LogP contribution in [0.3, 0.4) is 0 Å². The predicted octanol–water partition coefficient (Wildman–Crippen LogP) is 0.164. The van der Waals surface area contributed by atoms with Gasteiger partial charge in [0.05, 0.1) is 6.10 Å². The fraction of sp³-hybridized carbons (Fsp3) is 0.800. The van der Waals surface area contributed by atoms with Crippen LogP contribution >= 0.6 is 0 Å². The topological polar surface area (TPSA) is 60.2 Å².